The third-order valence-corrected chi connectivity index (χ3v) is 4.91. The number of ether oxygens (including phenoxy) is 1. The summed E-state index contributed by atoms with van der Waals surface area (Å²) in [6.45, 7) is 10.6. The molecule has 0 aliphatic carbocycles. The van der Waals surface area contributed by atoms with Gasteiger partial charge < -0.3 is 9.30 Å². The largest absolute Gasteiger partial charge is 0.375 e. The standard InChI is InChI=1S/C15H22N4OS/c1-4-20-9-13-7-16-15-12(3)18(5-6-19(13)15)8-14-17-11(2)10-21-14/h7,10,12H,4-6,8-9H2,1-3H3. The molecule has 114 valence electrons. The van der Waals surface area contributed by atoms with Crippen LogP contribution in [0.1, 0.15) is 42.1 Å². The zero-order valence-electron chi connectivity index (χ0n) is 12.9. The molecule has 2 aromatic rings. The summed E-state index contributed by atoms with van der Waals surface area (Å²) < 4.78 is 7.83. The summed E-state index contributed by atoms with van der Waals surface area (Å²) in [5.41, 5.74) is 2.30. The maximum Gasteiger partial charge on any atom is 0.126 e. The van der Waals surface area contributed by atoms with E-state index in [9.17, 15) is 0 Å². The summed E-state index contributed by atoms with van der Waals surface area (Å²) in [6, 6.07) is 0.318. The fraction of sp³-hybridized carbons (Fsp3) is 0.600. The van der Waals surface area contributed by atoms with Gasteiger partial charge in [-0.05, 0) is 20.8 Å². The van der Waals surface area contributed by atoms with Crippen LogP contribution >= 0.6 is 11.3 Å². The van der Waals surface area contributed by atoms with E-state index in [0.29, 0.717) is 12.6 Å². The van der Waals surface area contributed by atoms with Crippen LogP contribution in [-0.2, 0) is 24.4 Å². The van der Waals surface area contributed by atoms with Gasteiger partial charge in [0.15, 0.2) is 0 Å². The zero-order chi connectivity index (χ0) is 14.8. The lowest BCUT2D eigenvalue weighted by Gasteiger charge is -2.33. The Morgan fingerprint density at radius 2 is 2.29 bits per heavy atom. The van der Waals surface area contributed by atoms with Gasteiger partial charge >= 0.3 is 0 Å². The van der Waals surface area contributed by atoms with Crippen molar-refractivity contribution in [3.63, 3.8) is 0 Å². The number of nitrogens with zero attached hydrogens (tertiary/aromatic N) is 4. The first-order chi connectivity index (χ1) is 10.2. The molecule has 1 unspecified atom stereocenters. The molecule has 5 nitrogen and oxygen atoms in total. The van der Waals surface area contributed by atoms with E-state index in [1.54, 1.807) is 11.3 Å². The maximum atomic E-state index is 5.52. The van der Waals surface area contributed by atoms with Crippen molar-refractivity contribution in [2.75, 3.05) is 13.2 Å². The number of imidazole rings is 1. The van der Waals surface area contributed by atoms with E-state index in [-0.39, 0.29) is 0 Å². The Bertz CT molecular complexity index is 607. The van der Waals surface area contributed by atoms with Gasteiger partial charge in [-0.25, -0.2) is 9.97 Å². The summed E-state index contributed by atoms with van der Waals surface area (Å²) in [4.78, 5) is 11.6. The second kappa shape index (κ2) is 6.25. The van der Waals surface area contributed by atoms with Crippen LogP contribution in [0.15, 0.2) is 11.6 Å². The Balaban J connectivity index is 1.73. The molecule has 0 spiro atoms. The molecule has 0 fully saturated rings. The normalized spacial score (nSPS) is 18.9. The van der Waals surface area contributed by atoms with E-state index in [2.05, 4.69) is 31.7 Å². The second-order valence-electron chi connectivity index (χ2n) is 5.43. The topological polar surface area (TPSA) is 43.2 Å². The van der Waals surface area contributed by atoms with Gasteiger partial charge in [-0.1, -0.05) is 0 Å². The van der Waals surface area contributed by atoms with E-state index in [4.69, 9.17) is 4.74 Å². The summed E-state index contributed by atoms with van der Waals surface area (Å²) in [7, 11) is 0. The first-order valence-electron chi connectivity index (χ1n) is 7.46. The Morgan fingerprint density at radius 1 is 1.43 bits per heavy atom. The molecule has 0 aromatic carbocycles. The third-order valence-electron chi connectivity index (χ3n) is 3.96. The van der Waals surface area contributed by atoms with E-state index in [1.165, 1.54) is 10.7 Å². The minimum absolute atomic E-state index is 0.318. The highest BCUT2D eigenvalue weighted by atomic mass is 32.1. The van der Waals surface area contributed by atoms with Gasteiger partial charge in [0.2, 0.25) is 0 Å². The monoisotopic (exact) mass is 306 g/mol. The SMILES string of the molecule is CCOCc1cnc2n1CCN(Cc1nc(C)cs1)C2C. The summed E-state index contributed by atoms with van der Waals surface area (Å²) in [6.07, 6.45) is 1.96. The van der Waals surface area contributed by atoms with Crippen LogP contribution < -0.4 is 0 Å². The van der Waals surface area contributed by atoms with Crippen molar-refractivity contribution < 1.29 is 4.74 Å². The molecule has 1 aliphatic heterocycles. The fourth-order valence-electron chi connectivity index (χ4n) is 2.79. The van der Waals surface area contributed by atoms with Crippen LogP contribution in [0, 0.1) is 6.92 Å². The van der Waals surface area contributed by atoms with E-state index in [0.717, 1.165) is 37.8 Å². The first kappa shape index (κ1) is 14.7. The van der Waals surface area contributed by atoms with Gasteiger partial charge in [-0.15, -0.1) is 11.3 Å². The van der Waals surface area contributed by atoms with E-state index >= 15 is 0 Å². The molecular weight excluding hydrogens is 284 g/mol. The number of rotatable bonds is 5. The summed E-state index contributed by atoms with van der Waals surface area (Å²) in [5, 5.41) is 3.30. The van der Waals surface area contributed by atoms with Crippen LogP contribution in [0.2, 0.25) is 0 Å². The van der Waals surface area contributed by atoms with Crippen molar-refractivity contribution in [3.8, 4) is 0 Å². The minimum atomic E-state index is 0.318. The van der Waals surface area contributed by atoms with E-state index < -0.39 is 0 Å². The molecule has 6 heteroatoms. The first-order valence-corrected chi connectivity index (χ1v) is 8.34. The van der Waals surface area contributed by atoms with Gasteiger partial charge in [-0.2, -0.15) is 0 Å². The van der Waals surface area contributed by atoms with E-state index in [1.807, 2.05) is 20.0 Å². The van der Waals surface area contributed by atoms with Crippen LogP contribution in [0.5, 0.6) is 0 Å². The van der Waals surface area contributed by atoms with Crippen molar-refractivity contribution in [1.29, 1.82) is 0 Å². The molecular formula is C15H22N4OS. The Kier molecular flexibility index (Phi) is 4.37. The highest BCUT2D eigenvalue weighted by molar-refractivity contribution is 7.09. The fourth-order valence-corrected chi connectivity index (χ4v) is 3.59. The molecule has 0 saturated heterocycles. The van der Waals surface area contributed by atoms with Crippen molar-refractivity contribution in [2.45, 2.75) is 46.5 Å². The molecule has 3 heterocycles. The van der Waals surface area contributed by atoms with Crippen molar-refractivity contribution in [1.82, 2.24) is 19.4 Å². The van der Waals surface area contributed by atoms with Crippen LogP contribution in [0.3, 0.4) is 0 Å². The van der Waals surface area contributed by atoms with Crippen LogP contribution in [0.4, 0.5) is 0 Å². The molecule has 0 radical (unpaired) electrons. The zero-order valence-corrected chi connectivity index (χ0v) is 13.7. The lowest BCUT2D eigenvalue weighted by Crippen LogP contribution is -2.37. The predicted molar refractivity (Wildman–Crippen MR) is 83.2 cm³/mol. The highest BCUT2D eigenvalue weighted by Gasteiger charge is 2.27. The Morgan fingerprint density at radius 3 is 3.00 bits per heavy atom. The van der Waals surface area contributed by atoms with Gasteiger partial charge in [0.1, 0.15) is 10.8 Å². The lowest BCUT2D eigenvalue weighted by molar-refractivity contribution is 0.119. The number of aryl methyl sites for hydroxylation is 1. The molecule has 0 saturated carbocycles. The molecule has 1 atom stereocenters. The Hall–Kier alpha value is -1.24. The van der Waals surface area contributed by atoms with Gasteiger partial charge in [-0.3, -0.25) is 4.90 Å². The van der Waals surface area contributed by atoms with Crippen LogP contribution in [0.25, 0.3) is 0 Å². The number of thiazole rings is 1. The molecule has 2 aromatic heterocycles. The number of aromatic nitrogens is 3. The van der Waals surface area contributed by atoms with Crippen molar-refractivity contribution >= 4 is 11.3 Å². The number of fused-ring (bicyclic) bond motifs is 1. The Labute approximate surface area is 129 Å². The number of hydrogen-bond acceptors (Lipinski definition) is 5. The summed E-state index contributed by atoms with van der Waals surface area (Å²) in [5.74, 6) is 1.14. The molecule has 3 rings (SSSR count). The van der Waals surface area contributed by atoms with Crippen molar-refractivity contribution in [2.24, 2.45) is 0 Å². The molecule has 0 amide bonds. The average Bonchev–Trinajstić information content (AvgIpc) is 3.06. The third kappa shape index (κ3) is 3.02. The molecule has 0 N–H and O–H groups in total. The van der Waals surface area contributed by atoms with Gasteiger partial charge in [0.05, 0.1) is 31.1 Å². The minimum Gasteiger partial charge on any atom is -0.375 e. The smallest absolute Gasteiger partial charge is 0.126 e. The second-order valence-corrected chi connectivity index (χ2v) is 6.37. The lowest BCUT2D eigenvalue weighted by atomic mass is 10.2. The van der Waals surface area contributed by atoms with Gasteiger partial charge in [0.25, 0.3) is 0 Å². The predicted octanol–water partition coefficient (Wildman–Crippen LogP) is 2.76. The van der Waals surface area contributed by atoms with Gasteiger partial charge in [0, 0.05) is 30.8 Å². The molecule has 0 bridgehead atoms. The maximum absolute atomic E-state index is 5.52. The van der Waals surface area contributed by atoms with Crippen molar-refractivity contribution in [3.05, 3.63) is 33.8 Å². The number of hydrogen-bond donors (Lipinski definition) is 0. The quantitative estimate of drug-likeness (QED) is 0.852. The summed E-state index contributed by atoms with van der Waals surface area (Å²) >= 11 is 1.74. The highest BCUT2D eigenvalue weighted by Crippen LogP contribution is 2.27. The molecule has 1 aliphatic rings. The molecule has 21 heavy (non-hydrogen) atoms. The van der Waals surface area contributed by atoms with Crippen LogP contribution in [-0.4, -0.2) is 32.6 Å². The average molecular weight is 306 g/mol.